The third-order valence-electron chi connectivity index (χ3n) is 2.76. The molecule has 0 saturated carbocycles. The van der Waals surface area contributed by atoms with Crippen LogP contribution in [0.1, 0.15) is 5.56 Å². The molecule has 0 spiro atoms. The van der Waals surface area contributed by atoms with Gasteiger partial charge in [-0.05, 0) is 23.8 Å². The summed E-state index contributed by atoms with van der Waals surface area (Å²) in [7, 11) is 0. The fraction of sp³-hybridized carbons (Fsp3) is 0.133. The third kappa shape index (κ3) is 5.37. The minimum absolute atomic E-state index is 0.0958. The van der Waals surface area contributed by atoms with Crippen molar-refractivity contribution in [3.63, 3.8) is 0 Å². The maximum atomic E-state index is 12.3. The molecule has 4 nitrogen and oxygen atoms in total. The van der Waals surface area contributed by atoms with Gasteiger partial charge in [0.25, 0.3) is 0 Å². The Balaban J connectivity index is 1.99. The molecule has 0 bridgehead atoms. The number of benzene rings is 2. The van der Waals surface area contributed by atoms with Gasteiger partial charge in [0.1, 0.15) is 0 Å². The first kappa shape index (κ1) is 17.0. The molecule has 0 unspecified atom stereocenters. The van der Waals surface area contributed by atoms with Crippen molar-refractivity contribution in [1.82, 2.24) is 5.32 Å². The van der Waals surface area contributed by atoms with Crippen molar-refractivity contribution in [2.45, 2.75) is 12.9 Å². The molecule has 0 aliphatic heterocycles. The number of para-hydroxylation sites is 2. The van der Waals surface area contributed by atoms with E-state index < -0.39 is 18.1 Å². The van der Waals surface area contributed by atoms with Crippen LogP contribution in [0, 0.1) is 0 Å². The standard InChI is InChI=1S/C15H12ClF3N2O2/c16-11-6-2-1-5-10(11)9-20-14(22)21-12-7-3-4-8-13(12)23-15(17,18)19/h1-8H,9H2,(H2,20,21,22). The molecule has 122 valence electrons. The Kier molecular flexibility index (Phi) is 5.33. The number of hydrogen-bond acceptors (Lipinski definition) is 2. The largest absolute Gasteiger partial charge is 0.573 e. The lowest BCUT2D eigenvalue weighted by molar-refractivity contribution is -0.274. The van der Waals surface area contributed by atoms with Crippen LogP contribution in [0.3, 0.4) is 0 Å². The Bertz CT molecular complexity index is 692. The van der Waals surface area contributed by atoms with Gasteiger partial charge in [-0.3, -0.25) is 0 Å². The molecule has 2 N–H and O–H groups in total. The van der Waals surface area contributed by atoms with E-state index in [-0.39, 0.29) is 12.2 Å². The third-order valence-corrected chi connectivity index (χ3v) is 3.13. The number of halogens is 4. The number of alkyl halides is 3. The molecule has 0 fully saturated rings. The minimum atomic E-state index is -4.84. The first-order valence-corrected chi connectivity index (χ1v) is 6.86. The van der Waals surface area contributed by atoms with E-state index in [1.54, 1.807) is 24.3 Å². The predicted molar refractivity (Wildman–Crippen MR) is 80.4 cm³/mol. The van der Waals surface area contributed by atoms with Crippen molar-refractivity contribution >= 4 is 23.3 Å². The number of carbonyl (C=O) groups is 1. The molecule has 0 radical (unpaired) electrons. The minimum Gasteiger partial charge on any atom is -0.404 e. The van der Waals surface area contributed by atoms with E-state index in [0.29, 0.717) is 10.6 Å². The van der Waals surface area contributed by atoms with E-state index in [2.05, 4.69) is 15.4 Å². The van der Waals surface area contributed by atoms with Crippen LogP contribution in [0.4, 0.5) is 23.7 Å². The number of rotatable bonds is 4. The average molecular weight is 345 g/mol. The summed E-state index contributed by atoms with van der Waals surface area (Å²) in [4.78, 5) is 11.8. The van der Waals surface area contributed by atoms with Crippen LogP contribution in [-0.2, 0) is 6.54 Å². The normalized spacial score (nSPS) is 11.0. The van der Waals surface area contributed by atoms with E-state index in [9.17, 15) is 18.0 Å². The monoisotopic (exact) mass is 344 g/mol. The lowest BCUT2D eigenvalue weighted by Crippen LogP contribution is -2.29. The van der Waals surface area contributed by atoms with Crippen LogP contribution in [0.5, 0.6) is 5.75 Å². The summed E-state index contributed by atoms with van der Waals surface area (Å²) in [6.07, 6.45) is -4.84. The lowest BCUT2D eigenvalue weighted by atomic mass is 10.2. The molecule has 8 heteroatoms. The number of carbonyl (C=O) groups excluding carboxylic acids is 1. The van der Waals surface area contributed by atoms with E-state index in [1.165, 1.54) is 18.2 Å². The topological polar surface area (TPSA) is 50.4 Å². The molecule has 0 aromatic heterocycles. The molecule has 0 atom stereocenters. The number of nitrogens with one attached hydrogen (secondary N) is 2. The van der Waals surface area contributed by atoms with Gasteiger partial charge in [-0.2, -0.15) is 0 Å². The maximum Gasteiger partial charge on any atom is 0.573 e. The molecule has 0 aliphatic carbocycles. The van der Waals surface area contributed by atoms with Crippen molar-refractivity contribution in [2.24, 2.45) is 0 Å². The highest BCUT2D eigenvalue weighted by atomic mass is 35.5. The van der Waals surface area contributed by atoms with Crippen molar-refractivity contribution in [2.75, 3.05) is 5.32 Å². The van der Waals surface area contributed by atoms with Gasteiger partial charge in [-0.15, -0.1) is 13.2 Å². The smallest absolute Gasteiger partial charge is 0.404 e. The molecule has 2 aromatic carbocycles. The molecule has 2 rings (SSSR count). The number of urea groups is 1. The second-order valence-electron chi connectivity index (χ2n) is 4.44. The molecule has 23 heavy (non-hydrogen) atoms. The SMILES string of the molecule is O=C(NCc1ccccc1Cl)Nc1ccccc1OC(F)(F)F. The Morgan fingerprint density at radius 1 is 1.09 bits per heavy atom. The van der Waals surface area contributed by atoms with Crippen LogP contribution in [-0.4, -0.2) is 12.4 Å². The van der Waals surface area contributed by atoms with E-state index in [4.69, 9.17) is 11.6 Å². The summed E-state index contributed by atoms with van der Waals surface area (Å²) < 4.78 is 40.8. The Morgan fingerprint density at radius 2 is 1.74 bits per heavy atom. The number of anilines is 1. The lowest BCUT2D eigenvalue weighted by Gasteiger charge is -2.14. The van der Waals surface area contributed by atoms with Gasteiger partial charge >= 0.3 is 12.4 Å². The summed E-state index contributed by atoms with van der Waals surface area (Å²) in [6.45, 7) is 0.133. The molecule has 0 heterocycles. The Hall–Kier alpha value is -2.41. The molecule has 0 aliphatic rings. The molecular weight excluding hydrogens is 333 g/mol. The van der Waals surface area contributed by atoms with Crippen molar-refractivity contribution in [3.8, 4) is 5.75 Å². The Morgan fingerprint density at radius 3 is 2.43 bits per heavy atom. The van der Waals surface area contributed by atoms with Gasteiger partial charge in [0, 0.05) is 11.6 Å². The predicted octanol–water partition coefficient (Wildman–Crippen LogP) is 4.56. The quantitative estimate of drug-likeness (QED) is 0.854. The second kappa shape index (κ2) is 7.23. The first-order chi connectivity index (χ1) is 10.8. The van der Waals surface area contributed by atoms with E-state index in [0.717, 1.165) is 6.07 Å². The van der Waals surface area contributed by atoms with Gasteiger partial charge in [0.2, 0.25) is 0 Å². The summed E-state index contributed by atoms with van der Waals surface area (Å²) >= 11 is 5.95. The molecule has 2 aromatic rings. The van der Waals surface area contributed by atoms with E-state index >= 15 is 0 Å². The number of amides is 2. The van der Waals surface area contributed by atoms with Gasteiger partial charge < -0.3 is 15.4 Å². The molecule has 0 saturated heterocycles. The van der Waals surface area contributed by atoms with Crippen LogP contribution in [0.2, 0.25) is 5.02 Å². The maximum absolute atomic E-state index is 12.3. The summed E-state index contributed by atoms with van der Waals surface area (Å²) in [5, 5.41) is 5.29. The zero-order valence-corrected chi connectivity index (χ0v) is 12.4. The van der Waals surface area contributed by atoms with E-state index in [1.807, 2.05) is 0 Å². The first-order valence-electron chi connectivity index (χ1n) is 6.48. The van der Waals surface area contributed by atoms with Crippen LogP contribution in [0.25, 0.3) is 0 Å². The van der Waals surface area contributed by atoms with Crippen molar-refractivity contribution in [1.29, 1.82) is 0 Å². The van der Waals surface area contributed by atoms with Gasteiger partial charge in [-0.25, -0.2) is 4.79 Å². The zero-order valence-electron chi connectivity index (χ0n) is 11.7. The zero-order chi connectivity index (χ0) is 16.9. The van der Waals surface area contributed by atoms with Crippen molar-refractivity contribution in [3.05, 3.63) is 59.1 Å². The van der Waals surface area contributed by atoms with Crippen LogP contribution >= 0.6 is 11.6 Å². The van der Waals surface area contributed by atoms with Gasteiger partial charge in [-0.1, -0.05) is 41.9 Å². The molecular formula is C15H12ClF3N2O2. The van der Waals surface area contributed by atoms with Crippen LogP contribution in [0.15, 0.2) is 48.5 Å². The fourth-order valence-corrected chi connectivity index (χ4v) is 1.97. The second-order valence-corrected chi connectivity index (χ2v) is 4.85. The van der Waals surface area contributed by atoms with Crippen molar-refractivity contribution < 1.29 is 22.7 Å². The molecule has 2 amide bonds. The van der Waals surface area contributed by atoms with Gasteiger partial charge in [0.05, 0.1) is 5.69 Å². The summed E-state index contributed by atoms with van der Waals surface area (Å²) in [5.74, 6) is -0.493. The number of ether oxygens (including phenoxy) is 1. The summed E-state index contributed by atoms with van der Waals surface area (Å²) in [5.41, 5.74) is 0.589. The van der Waals surface area contributed by atoms with Gasteiger partial charge in [0.15, 0.2) is 5.75 Å². The number of hydrogen-bond donors (Lipinski definition) is 2. The summed E-state index contributed by atoms with van der Waals surface area (Å²) in [6, 6.07) is 11.5. The Labute approximate surface area is 135 Å². The highest BCUT2D eigenvalue weighted by molar-refractivity contribution is 6.31. The average Bonchev–Trinajstić information content (AvgIpc) is 2.47. The fourth-order valence-electron chi connectivity index (χ4n) is 1.77. The highest BCUT2D eigenvalue weighted by Gasteiger charge is 2.32. The highest BCUT2D eigenvalue weighted by Crippen LogP contribution is 2.29. The van der Waals surface area contributed by atoms with Crippen LogP contribution < -0.4 is 15.4 Å².